The zero-order valence-electron chi connectivity index (χ0n) is 19.7. The molecule has 2 aromatic carbocycles. The summed E-state index contributed by atoms with van der Waals surface area (Å²) in [5, 5.41) is 3.62. The number of para-hydroxylation sites is 1. The Bertz CT molecular complexity index is 1130. The molecule has 0 saturated carbocycles. The second kappa shape index (κ2) is 12.0. The maximum absolute atomic E-state index is 13.4. The van der Waals surface area contributed by atoms with Crippen LogP contribution in [-0.2, 0) is 6.54 Å². The number of unbranched alkanes of at least 4 members (excludes halogenated alkanes) is 3. The van der Waals surface area contributed by atoms with Gasteiger partial charge in [0.2, 0.25) is 0 Å². The maximum atomic E-state index is 13.4. The maximum Gasteiger partial charge on any atom is 0.322 e. The first-order chi connectivity index (χ1) is 16.0. The van der Waals surface area contributed by atoms with E-state index in [1.165, 1.54) is 0 Å². The number of nitrogens with one attached hydrogen (secondary N) is 1. The van der Waals surface area contributed by atoms with Gasteiger partial charge in [-0.3, -0.25) is 9.36 Å². The molecule has 0 radical (unpaired) electrons. The summed E-state index contributed by atoms with van der Waals surface area (Å²) in [6.45, 7) is 7.33. The van der Waals surface area contributed by atoms with E-state index in [0.717, 1.165) is 42.3 Å². The molecule has 0 aliphatic rings. The first kappa shape index (κ1) is 25.0. The minimum absolute atomic E-state index is 0.0523. The number of benzene rings is 2. The predicted octanol–water partition coefficient (Wildman–Crippen LogP) is 6.74. The number of halogens is 1. The lowest BCUT2D eigenvalue weighted by Gasteiger charge is -2.30. The van der Waals surface area contributed by atoms with Crippen LogP contribution < -0.4 is 10.9 Å². The summed E-state index contributed by atoms with van der Waals surface area (Å²) in [4.78, 5) is 33.3. The summed E-state index contributed by atoms with van der Waals surface area (Å²) in [5.41, 5.74) is 1.34. The lowest BCUT2D eigenvalue weighted by molar-refractivity contribution is 0.186. The normalized spacial score (nSPS) is 12.0. The van der Waals surface area contributed by atoms with Gasteiger partial charge in [0, 0.05) is 23.2 Å². The number of aromatic nitrogens is 2. The number of carbonyl (C=O) groups excluding carboxylic acids is 1. The van der Waals surface area contributed by atoms with Crippen molar-refractivity contribution in [1.29, 1.82) is 0 Å². The number of hydrogen-bond acceptors (Lipinski definition) is 3. The summed E-state index contributed by atoms with van der Waals surface area (Å²) < 4.78 is 2.69. The fraction of sp³-hybridized carbons (Fsp3) is 0.423. The minimum atomic E-state index is -0.356. The minimum Gasteiger partial charge on any atom is -0.315 e. The predicted molar refractivity (Wildman–Crippen MR) is 139 cm³/mol. The lowest BCUT2D eigenvalue weighted by atomic mass is 10.1. The van der Waals surface area contributed by atoms with Gasteiger partial charge in [-0.25, -0.2) is 9.78 Å². The monoisotopic (exact) mass is 512 g/mol. The van der Waals surface area contributed by atoms with Crippen LogP contribution in [0.2, 0.25) is 0 Å². The number of hydrogen-bond donors (Lipinski definition) is 1. The van der Waals surface area contributed by atoms with E-state index in [-0.39, 0.29) is 17.6 Å². The van der Waals surface area contributed by atoms with Crippen LogP contribution in [0.15, 0.2) is 57.8 Å². The fourth-order valence-electron chi connectivity index (χ4n) is 3.99. The summed E-state index contributed by atoms with van der Waals surface area (Å²) in [6.07, 6.45) is 5.02. The molecule has 3 rings (SSSR count). The molecular weight excluding hydrogens is 480 g/mol. The molecule has 0 fully saturated rings. The van der Waals surface area contributed by atoms with Crippen molar-refractivity contribution in [3.8, 4) is 0 Å². The van der Waals surface area contributed by atoms with Crippen molar-refractivity contribution in [2.75, 3.05) is 11.9 Å². The van der Waals surface area contributed by atoms with Gasteiger partial charge in [-0.15, -0.1) is 0 Å². The number of carbonyl (C=O) groups is 1. The van der Waals surface area contributed by atoms with Crippen molar-refractivity contribution in [3.63, 3.8) is 0 Å². The lowest BCUT2D eigenvalue weighted by Crippen LogP contribution is -2.40. The van der Waals surface area contributed by atoms with Crippen LogP contribution in [-0.4, -0.2) is 27.0 Å². The Morgan fingerprint density at radius 2 is 1.79 bits per heavy atom. The number of rotatable bonds is 10. The topological polar surface area (TPSA) is 67.2 Å². The molecule has 3 aromatic rings. The van der Waals surface area contributed by atoms with E-state index in [4.69, 9.17) is 4.98 Å². The summed E-state index contributed by atoms with van der Waals surface area (Å²) in [6, 6.07) is 14.4. The number of amides is 2. The van der Waals surface area contributed by atoms with Crippen LogP contribution in [0.1, 0.15) is 64.7 Å². The van der Waals surface area contributed by atoms with Crippen molar-refractivity contribution in [2.24, 2.45) is 0 Å². The molecule has 0 spiro atoms. The van der Waals surface area contributed by atoms with Crippen molar-refractivity contribution < 1.29 is 4.79 Å². The van der Waals surface area contributed by atoms with Crippen molar-refractivity contribution >= 4 is 38.6 Å². The molecule has 1 aromatic heterocycles. The number of anilines is 1. The Morgan fingerprint density at radius 3 is 2.48 bits per heavy atom. The molecule has 1 heterocycles. The smallest absolute Gasteiger partial charge is 0.315 e. The first-order valence-electron chi connectivity index (χ1n) is 11.8. The van der Waals surface area contributed by atoms with Gasteiger partial charge in [0.1, 0.15) is 5.82 Å². The van der Waals surface area contributed by atoms with Gasteiger partial charge < -0.3 is 10.2 Å². The molecule has 0 aliphatic heterocycles. The van der Waals surface area contributed by atoms with Gasteiger partial charge in [0.15, 0.2) is 0 Å². The molecular formula is C26H33BrN4O2. The van der Waals surface area contributed by atoms with E-state index in [1.54, 1.807) is 9.47 Å². The van der Waals surface area contributed by atoms with Crippen LogP contribution in [0.5, 0.6) is 0 Å². The number of nitrogens with zero attached hydrogens (tertiary/aromatic N) is 3. The van der Waals surface area contributed by atoms with Crippen LogP contribution >= 0.6 is 15.9 Å². The van der Waals surface area contributed by atoms with Crippen molar-refractivity contribution in [2.45, 2.75) is 65.5 Å². The van der Waals surface area contributed by atoms with E-state index in [2.05, 4.69) is 28.2 Å². The zero-order valence-corrected chi connectivity index (χ0v) is 21.3. The summed E-state index contributed by atoms with van der Waals surface area (Å²) in [5.74, 6) is 0.627. The molecule has 1 atom stereocenters. The first-order valence-corrected chi connectivity index (χ1v) is 12.6. The van der Waals surface area contributed by atoms with E-state index in [0.29, 0.717) is 29.8 Å². The van der Waals surface area contributed by atoms with Crippen molar-refractivity contribution in [3.05, 3.63) is 69.2 Å². The summed E-state index contributed by atoms with van der Waals surface area (Å²) >= 11 is 3.43. The molecule has 0 aliphatic carbocycles. The molecule has 33 heavy (non-hydrogen) atoms. The van der Waals surface area contributed by atoms with E-state index >= 15 is 0 Å². The number of fused-ring (bicyclic) bond motifs is 1. The summed E-state index contributed by atoms with van der Waals surface area (Å²) in [7, 11) is 0. The van der Waals surface area contributed by atoms with Gasteiger partial charge in [-0.05, 0) is 56.2 Å². The third-order valence-corrected chi connectivity index (χ3v) is 6.32. The van der Waals surface area contributed by atoms with Crippen LogP contribution in [0, 0.1) is 0 Å². The highest BCUT2D eigenvalue weighted by molar-refractivity contribution is 9.10. The quantitative estimate of drug-likeness (QED) is 0.305. The number of urea groups is 1. The molecule has 7 heteroatoms. The van der Waals surface area contributed by atoms with Crippen LogP contribution in [0.4, 0.5) is 10.5 Å². The van der Waals surface area contributed by atoms with Crippen molar-refractivity contribution in [1.82, 2.24) is 14.5 Å². The highest BCUT2D eigenvalue weighted by atomic mass is 79.9. The van der Waals surface area contributed by atoms with Gasteiger partial charge in [0.25, 0.3) is 5.56 Å². The Morgan fingerprint density at radius 1 is 1.06 bits per heavy atom. The average molecular weight is 513 g/mol. The fourth-order valence-corrected chi connectivity index (χ4v) is 4.26. The van der Waals surface area contributed by atoms with Gasteiger partial charge >= 0.3 is 6.03 Å². The molecule has 0 saturated heterocycles. The second-order valence-electron chi connectivity index (χ2n) is 8.31. The molecule has 0 bridgehead atoms. The van der Waals surface area contributed by atoms with Gasteiger partial charge in [0.05, 0.1) is 16.9 Å². The van der Waals surface area contributed by atoms with Crippen LogP contribution in [0.3, 0.4) is 0 Å². The Labute approximate surface area is 204 Å². The molecule has 176 valence electrons. The molecule has 1 unspecified atom stereocenters. The van der Waals surface area contributed by atoms with E-state index in [1.807, 2.05) is 62.4 Å². The largest absolute Gasteiger partial charge is 0.322 e. The SMILES string of the molecule is CCCCCCN(C(=O)Nc1ccc(Br)cc1)C(C)c1nc2ccccc2c(=O)n1CCC. The average Bonchev–Trinajstić information content (AvgIpc) is 2.82. The standard InChI is InChI=1S/C26H33BrN4O2/c1-4-6-7-10-18-30(26(33)28-21-15-13-20(27)14-16-21)19(3)24-29-23-12-9-8-11-22(23)25(32)31(24)17-5-2/h8-9,11-16,19H,4-7,10,17-18H2,1-3H3,(H,28,33). The third-order valence-electron chi connectivity index (χ3n) is 5.79. The highest BCUT2D eigenvalue weighted by Gasteiger charge is 2.26. The van der Waals surface area contributed by atoms with Gasteiger partial charge in [-0.2, -0.15) is 0 Å². The molecule has 6 nitrogen and oxygen atoms in total. The van der Waals surface area contributed by atoms with E-state index in [9.17, 15) is 9.59 Å². The third kappa shape index (κ3) is 6.22. The molecule has 2 amide bonds. The Balaban J connectivity index is 1.97. The van der Waals surface area contributed by atoms with Gasteiger partial charge in [-0.1, -0.05) is 61.2 Å². The second-order valence-corrected chi connectivity index (χ2v) is 9.23. The Kier molecular flexibility index (Phi) is 9.06. The van der Waals surface area contributed by atoms with E-state index < -0.39 is 0 Å². The molecule has 1 N–H and O–H groups in total. The Hall–Kier alpha value is -2.67. The zero-order chi connectivity index (χ0) is 23.8. The highest BCUT2D eigenvalue weighted by Crippen LogP contribution is 2.23. The van der Waals surface area contributed by atoms with Crippen LogP contribution in [0.25, 0.3) is 10.9 Å².